The van der Waals surface area contributed by atoms with Crippen LogP contribution in [0.3, 0.4) is 0 Å². The fraction of sp³-hybridized carbons (Fsp3) is 0.304. The molecule has 0 spiro atoms. The van der Waals surface area contributed by atoms with Crippen molar-refractivity contribution in [2.75, 3.05) is 19.0 Å². The number of amides is 1. The number of benzene rings is 2. The summed E-state index contributed by atoms with van der Waals surface area (Å²) in [6, 6.07) is 11.6. The quantitative estimate of drug-likeness (QED) is 0.330. The van der Waals surface area contributed by atoms with Gasteiger partial charge in [0.25, 0.3) is 5.91 Å². The highest BCUT2D eigenvalue weighted by molar-refractivity contribution is 7.80. The summed E-state index contributed by atoms with van der Waals surface area (Å²) in [7, 11) is 1.59. The number of para-hydroxylation sites is 1. The van der Waals surface area contributed by atoms with Crippen LogP contribution in [0.1, 0.15) is 37.0 Å². The van der Waals surface area contributed by atoms with Gasteiger partial charge in [0.2, 0.25) is 0 Å². The highest BCUT2D eigenvalue weighted by Gasteiger charge is 2.07. The zero-order valence-electron chi connectivity index (χ0n) is 17.9. The van der Waals surface area contributed by atoms with E-state index in [0.29, 0.717) is 23.2 Å². The van der Waals surface area contributed by atoms with Crippen molar-refractivity contribution in [3.05, 3.63) is 59.2 Å². The van der Waals surface area contributed by atoms with Crippen LogP contribution in [0.4, 0.5) is 5.69 Å². The SMILES string of the molecule is CCCOc1ccc(/C=C/C(=O)NNC(=S)Nc2c(C)cccc2CC)cc1OC. The molecule has 0 aliphatic heterocycles. The first-order valence-corrected chi connectivity index (χ1v) is 10.3. The minimum Gasteiger partial charge on any atom is -0.493 e. The molecule has 1 amide bonds. The largest absolute Gasteiger partial charge is 0.493 e. The molecule has 160 valence electrons. The van der Waals surface area contributed by atoms with Crippen molar-refractivity contribution in [3.8, 4) is 11.5 Å². The molecule has 2 aromatic rings. The number of thiocarbonyl (C=S) groups is 1. The predicted octanol–water partition coefficient (Wildman–Crippen LogP) is 4.39. The molecule has 0 aromatic heterocycles. The van der Waals surface area contributed by atoms with E-state index in [-0.39, 0.29) is 5.91 Å². The number of hydrazine groups is 1. The third kappa shape index (κ3) is 6.77. The number of ether oxygens (including phenoxy) is 2. The standard InChI is InChI=1S/C23H29N3O3S/c1-5-14-29-19-12-10-17(15-20(19)28-4)11-13-21(27)25-26-23(30)24-22-16(3)8-7-9-18(22)6-2/h7-13,15H,5-6,14H2,1-4H3,(H,25,27)(H2,24,26,30)/b13-11+. The first-order chi connectivity index (χ1) is 14.5. The van der Waals surface area contributed by atoms with E-state index >= 15 is 0 Å². The first-order valence-electron chi connectivity index (χ1n) is 9.92. The van der Waals surface area contributed by atoms with E-state index in [1.807, 2.05) is 50.2 Å². The third-order valence-electron chi connectivity index (χ3n) is 4.35. The second kappa shape index (κ2) is 11.8. The van der Waals surface area contributed by atoms with Gasteiger partial charge in [-0.15, -0.1) is 0 Å². The Morgan fingerprint density at radius 3 is 2.63 bits per heavy atom. The Kier molecular flexibility index (Phi) is 9.15. The molecule has 0 aliphatic carbocycles. The van der Waals surface area contributed by atoms with Crippen LogP contribution in [0.15, 0.2) is 42.5 Å². The second-order valence-corrected chi connectivity index (χ2v) is 7.03. The monoisotopic (exact) mass is 427 g/mol. The van der Waals surface area contributed by atoms with Crippen LogP contribution in [0.2, 0.25) is 0 Å². The maximum atomic E-state index is 12.1. The molecule has 2 rings (SSSR count). The van der Waals surface area contributed by atoms with Crippen molar-refractivity contribution in [1.29, 1.82) is 0 Å². The van der Waals surface area contributed by atoms with E-state index in [2.05, 4.69) is 23.1 Å². The predicted molar refractivity (Wildman–Crippen MR) is 126 cm³/mol. The van der Waals surface area contributed by atoms with Crippen molar-refractivity contribution < 1.29 is 14.3 Å². The lowest BCUT2D eigenvalue weighted by atomic mass is 10.1. The van der Waals surface area contributed by atoms with Gasteiger partial charge in [0.15, 0.2) is 16.6 Å². The summed E-state index contributed by atoms with van der Waals surface area (Å²) in [5.74, 6) is 0.978. The van der Waals surface area contributed by atoms with Crippen molar-refractivity contribution in [2.24, 2.45) is 0 Å². The van der Waals surface area contributed by atoms with Crippen LogP contribution in [-0.4, -0.2) is 24.7 Å². The van der Waals surface area contributed by atoms with Gasteiger partial charge in [-0.3, -0.25) is 15.6 Å². The normalized spacial score (nSPS) is 10.5. The van der Waals surface area contributed by atoms with Crippen molar-refractivity contribution in [2.45, 2.75) is 33.6 Å². The number of carbonyl (C=O) groups excluding carboxylic acids is 1. The Hall–Kier alpha value is -3.06. The van der Waals surface area contributed by atoms with Gasteiger partial charge < -0.3 is 14.8 Å². The molecule has 0 bridgehead atoms. The molecular weight excluding hydrogens is 398 g/mol. The van der Waals surface area contributed by atoms with Crippen LogP contribution >= 0.6 is 12.2 Å². The number of rotatable bonds is 8. The first kappa shape index (κ1) is 23.2. The number of aryl methyl sites for hydroxylation is 2. The number of hydrogen-bond donors (Lipinski definition) is 3. The molecule has 0 atom stereocenters. The van der Waals surface area contributed by atoms with Crippen LogP contribution in [0.5, 0.6) is 11.5 Å². The Labute approximate surface area is 183 Å². The second-order valence-electron chi connectivity index (χ2n) is 6.62. The minimum absolute atomic E-state index is 0.319. The van der Waals surface area contributed by atoms with Crippen LogP contribution in [0.25, 0.3) is 6.08 Å². The van der Waals surface area contributed by atoms with Gasteiger partial charge in [-0.2, -0.15) is 0 Å². The van der Waals surface area contributed by atoms with E-state index < -0.39 is 0 Å². The van der Waals surface area contributed by atoms with Gasteiger partial charge in [0.05, 0.1) is 13.7 Å². The van der Waals surface area contributed by atoms with Crippen molar-refractivity contribution in [3.63, 3.8) is 0 Å². The molecule has 0 radical (unpaired) electrons. The zero-order chi connectivity index (χ0) is 21.9. The average Bonchev–Trinajstić information content (AvgIpc) is 2.76. The summed E-state index contributed by atoms with van der Waals surface area (Å²) in [6.07, 6.45) is 4.91. The lowest BCUT2D eigenvalue weighted by Gasteiger charge is -2.15. The lowest BCUT2D eigenvalue weighted by Crippen LogP contribution is -2.43. The highest BCUT2D eigenvalue weighted by atomic mass is 32.1. The van der Waals surface area contributed by atoms with Crippen LogP contribution in [-0.2, 0) is 11.2 Å². The fourth-order valence-corrected chi connectivity index (χ4v) is 2.95. The Morgan fingerprint density at radius 1 is 1.13 bits per heavy atom. The number of methoxy groups -OCH3 is 1. The van der Waals surface area contributed by atoms with Gasteiger partial charge >= 0.3 is 0 Å². The maximum Gasteiger partial charge on any atom is 0.262 e. The van der Waals surface area contributed by atoms with Crippen LogP contribution in [0, 0.1) is 6.92 Å². The minimum atomic E-state index is -0.329. The van der Waals surface area contributed by atoms with E-state index in [9.17, 15) is 4.79 Å². The summed E-state index contributed by atoms with van der Waals surface area (Å²) >= 11 is 5.29. The molecule has 7 heteroatoms. The molecule has 2 aromatic carbocycles. The van der Waals surface area contributed by atoms with Crippen LogP contribution < -0.4 is 25.6 Å². The molecule has 30 heavy (non-hydrogen) atoms. The molecule has 6 nitrogen and oxygen atoms in total. The van der Waals surface area contributed by atoms with E-state index in [0.717, 1.165) is 35.2 Å². The van der Waals surface area contributed by atoms with E-state index in [1.54, 1.807) is 13.2 Å². The molecular formula is C23H29N3O3S. The molecule has 0 aliphatic rings. The summed E-state index contributed by atoms with van der Waals surface area (Å²) in [4.78, 5) is 12.1. The highest BCUT2D eigenvalue weighted by Crippen LogP contribution is 2.28. The summed E-state index contributed by atoms with van der Waals surface area (Å²) in [5, 5.41) is 3.47. The summed E-state index contributed by atoms with van der Waals surface area (Å²) in [6.45, 7) is 6.76. The Bertz CT molecular complexity index is 913. The van der Waals surface area contributed by atoms with Crippen molar-refractivity contribution in [1.82, 2.24) is 10.9 Å². The topological polar surface area (TPSA) is 71.6 Å². The smallest absolute Gasteiger partial charge is 0.262 e. The van der Waals surface area contributed by atoms with Gasteiger partial charge in [0.1, 0.15) is 0 Å². The van der Waals surface area contributed by atoms with Gasteiger partial charge in [-0.25, -0.2) is 0 Å². The maximum absolute atomic E-state index is 12.1. The van der Waals surface area contributed by atoms with E-state index in [4.69, 9.17) is 21.7 Å². The average molecular weight is 428 g/mol. The molecule has 0 saturated heterocycles. The van der Waals surface area contributed by atoms with Gasteiger partial charge in [-0.1, -0.05) is 38.1 Å². The van der Waals surface area contributed by atoms with Crippen molar-refractivity contribution >= 4 is 35.0 Å². The fourth-order valence-electron chi connectivity index (χ4n) is 2.80. The number of anilines is 1. The zero-order valence-corrected chi connectivity index (χ0v) is 18.7. The summed E-state index contributed by atoms with van der Waals surface area (Å²) in [5.41, 5.74) is 9.31. The summed E-state index contributed by atoms with van der Waals surface area (Å²) < 4.78 is 11.0. The molecule has 0 saturated carbocycles. The third-order valence-corrected chi connectivity index (χ3v) is 4.56. The molecule has 0 unspecified atom stereocenters. The van der Waals surface area contributed by atoms with Gasteiger partial charge in [-0.05, 0) is 66.9 Å². The Morgan fingerprint density at radius 2 is 1.93 bits per heavy atom. The Balaban J connectivity index is 1.91. The number of hydrogen-bond acceptors (Lipinski definition) is 4. The van der Waals surface area contributed by atoms with Gasteiger partial charge in [0, 0.05) is 11.8 Å². The molecule has 0 fully saturated rings. The lowest BCUT2D eigenvalue weighted by molar-refractivity contribution is -0.116. The van der Waals surface area contributed by atoms with E-state index in [1.165, 1.54) is 6.08 Å². The number of carbonyl (C=O) groups is 1. The number of nitrogens with one attached hydrogen (secondary N) is 3. The molecule has 0 heterocycles. The molecule has 3 N–H and O–H groups in total.